The number of hydrogen-bond donors (Lipinski definition) is 1. The molecule has 6 nitrogen and oxygen atoms in total. The van der Waals surface area contributed by atoms with E-state index in [9.17, 15) is 4.79 Å². The molecule has 0 atom stereocenters. The lowest BCUT2D eigenvalue weighted by Gasteiger charge is -2.33. The summed E-state index contributed by atoms with van der Waals surface area (Å²) in [6.45, 7) is 2.27. The maximum atomic E-state index is 12.6. The van der Waals surface area contributed by atoms with Crippen LogP contribution in [0.25, 0.3) is 5.82 Å². The van der Waals surface area contributed by atoms with Gasteiger partial charge in [0.15, 0.2) is 0 Å². The first-order chi connectivity index (χ1) is 12.3. The molecule has 1 saturated heterocycles. The Morgan fingerprint density at radius 3 is 2.88 bits per heavy atom. The Balaban J connectivity index is 1.38. The zero-order valence-electron chi connectivity index (χ0n) is 14.5. The Morgan fingerprint density at radius 2 is 2.08 bits per heavy atom. The van der Waals surface area contributed by atoms with Crippen LogP contribution in [0.3, 0.4) is 0 Å². The minimum atomic E-state index is 0.0443. The zero-order chi connectivity index (χ0) is 17.1. The number of pyridine rings is 1. The molecule has 0 aromatic carbocycles. The molecule has 25 heavy (non-hydrogen) atoms. The summed E-state index contributed by atoms with van der Waals surface area (Å²) in [4.78, 5) is 23.1. The molecule has 132 valence electrons. The number of amides is 2. The van der Waals surface area contributed by atoms with Crippen molar-refractivity contribution in [2.45, 2.75) is 45.1 Å². The number of nitrogens with zero attached hydrogens (tertiary/aromatic N) is 4. The van der Waals surface area contributed by atoms with E-state index in [0.717, 1.165) is 30.9 Å². The van der Waals surface area contributed by atoms with Crippen molar-refractivity contribution in [2.24, 2.45) is 5.41 Å². The summed E-state index contributed by atoms with van der Waals surface area (Å²) in [5.41, 5.74) is 1.38. The van der Waals surface area contributed by atoms with Crippen molar-refractivity contribution in [3.05, 3.63) is 42.6 Å². The molecule has 1 aliphatic carbocycles. The summed E-state index contributed by atoms with van der Waals surface area (Å²) in [5.74, 6) is 0.811. The number of likely N-dealkylation sites (tertiary alicyclic amines) is 1. The Kier molecular flexibility index (Phi) is 4.42. The van der Waals surface area contributed by atoms with Crippen molar-refractivity contribution in [3.8, 4) is 5.82 Å². The van der Waals surface area contributed by atoms with Gasteiger partial charge < -0.3 is 10.2 Å². The van der Waals surface area contributed by atoms with Crippen molar-refractivity contribution < 1.29 is 4.79 Å². The van der Waals surface area contributed by atoms with E-state index in [1.165, 1.54) is 32.1 Å². The van der Waals surface area contributed by atoms with Gasteiger partial charge in [-0.15, -0.1) is 0 Å². The van der Waals surface area contributed by atoms with Crippen LogP contribution in [0.2, 0.25) is 0 Å². The van der Waals surface area contributed by atoms with Crippen LogP contribution in [0.1, 0.15) is 44.1 Å². The summed E-state index contributed by atoms with van der Waals surface area (Å²) in [6.07, 6.45) is 14.8. The average Bonchev–Trinajstić information content (AvgIpc) is 3.31. The number of nitrogens with one attached hydrogen (secondary N) is 1. The quantitative estimate of drug-likeness (QED) is 0.934. The topological polar surface area (TPSA) is 63.1 Å². The second-order valence-corrected chi connectivity index (χ2v) is 7.35. The molecular formula is C19H25N5O. The van der Waals surface area contributed by atoms with Crippen LogP contribution in [0.15, 0.2) is 37.1 Å². The largest absolute Gasteiger partial charge is 0.334 e. The maximum absolute atomic E-state index is 12.6. The van der Waals surface area contributed by atoms with Gasteiger partial charge in [0.05, 0.1) is 0 Å². The second-order valence-electron chi connectivity index (χ2n) is 7.35. The molecule has 2 amide bonds. The standard InChI is InChI=1S/C19H25N5O/c25-18(23-11-8-19(14-23)6-2-1-3-7-19)22-13-16-5-4-9-21-17(16)24-12-10-20-15-24/h4-5,9-10,12,15H,1-3,6-8,11,13-14H2,(H,22,25). The third kappa shape index (κ3) is 3.38. The predicted molar refractivity (Wildman–Crippen MR) is 95.3 cm³/mol. The first kappa shape index (κ1) is 16.1. The molecular weight excluding hydrogens is 314 g/mol. The highest BCUT2D eigenvalue weighted by atomic mass is 16.2. The van der Waals surface area contributed by atoms with Gasteiger partial charge in [-0.2, -0.15) is 0 Å². The Hall–Kier alpha value is -2.37. The highest BCUT2D eigenvalue weighted by Crippen LogP contribution is 2.43. The molecule has 0 bridgehead atoms. The van der Waals surface area contributed by atoms with Crippen LogP contribution in [0.4, 0.5) is 4.79 Å². The van der Waals surface area contributed by atoms with Crippen LogP contribution in [0.5, 0.6) is 0 Å². The third-order valence-corrected chi connectivity index (χ3v) is 5.69. The predicted octanol–water partition coefficient (Wildman–Crippen LogP) is 3.13. The molecule has 2 aliphatic rings. The van der Waals surface area contributed by atoms with Crippen LogP contribution < -0.4 is 5.32 Å². The summed E-state index contributed by atoms with van der Waals surface area (Å²) in [7, 11) is 0. The molecule has 2 aromatic rings. The zero-order valence-corrected chi connectivity index (χ0v) is 14.5. The summed E-state index contributed by atoms with van der Waals surface area (Å²) >= 11 is 0. The van der Waals surface area contributed by atoms with Crippen LogP contribution in [-0.4, -0.2) is 38.6 Å². The van der Waals surface area contributed by atoms with E-state index in [2.05, 4.69) is 15.3 Å². The van der Waals surface area contributed by atoms with Crippen LogP contribution >= 0.6 is 0 Å². The minimum absolute atomic E-state index is 0.0443. The van der Waals surface area contributed by atoms with Gasteiger partial charge in [-0.3, -0.25) is 4.57 Å². The lowest BCUT2D eigenvalue weighted by atomic mass is 9.73. The van der Waals surface area contributed by atoms with Crippen molar-refractivity contribution in [1.82, 2.24) is 24.8 Å². The van der Waals surface area contributed by atoms with Gasteiger partial charge in [-0.05, 0) is 30.7 Å². The lowest BCUT2D eigenvalue weighted by Crippen LogP contribution is -2.40. The highest BCUT2D eigenvalue weighted by molar-refractivity contribution is 5.74. The fraction of sp³-hybridized carbons (Fsp3) is 0.526. The number of urea groups is 1. The monoisotopic (exact) mass is 339 g/mol. The van der Waals surface area contributed by atoms with Gasteiger partial charge in [-0.1, -0.05) is 25.3 Å². The molecule has 4 rings (SSSR count). The van der Waals surface area contributed by atoms with E-state index in [4.69, 9.17) is 0 Å². The smallest absolute Gasteiger partial charge is 0.317 e. The van der Waals surface area contributed by atoms with Gasteiger partial charge >= 0.3 is 6.03 Å². The average molecular weight is 339 g/mol. The molecule has 1 spiro atoms. The number of rotatable bonds is 3. The minimum Gasteiger partial charge on any atom is -0.334 e. The number of imidazole rings is 1. The SMILES string of the molecule is O=C(NCc1cccnc1-n1ccnc1)N1CCC2(CCCCC2)C1. The van der Waals surface area contributed by atoms with E-state index in [0.29, 0.717) is 12.0 Å². The van der Waals surface area contributed by atoms with Gasteiger partial charge in [0.25, 0.3) is 0 Å². The maximum Gasteiger partial charge on any atom is 0.317 e. The van der Waals surface area contributed by atoms with Crippen LogP contribution in [-0.2, 0) is 6.54 Å². The van der Waals surface area contributed by atoms with Crippen molar-refractivity contribution in [3.63, 3.8) is 0 Å². The molecule has 6 heteroatoms. The van der Waals surface area contributed by atoms with Gasteiger partial charge in [0.1, 0.15) is 12.1 Å². The molecule has 3 heterocycles. The third-order valence-electron chi connectivity index (χ3n) is 5.69. The lowest BCUT2D eigenvalue weighted by molar-refractivity contribution is 0.177. The number of carbonyl (C=O) groups is 1. The summed E-state index contributed by atoms with van der Waals surface area (Å²) in [5, 5.41) is 3.08. The van der Waals surface area contributed by atoms with Crippen LogP contribution in [0, 0.1) is 5.41 Å². The molecule has 2 aromatic heterocycles. The Bertz CT molecular complexity index is 721. The first-order valence-corrected chi connectivity index (χ1v) is 9.21. The molecule has 0 radical (unpaired) electrons. The van der Waals surface area contributed by atoms with Gasteiger partial charge in [-0.25, -0.2) is 14.8 Å². The summed E-state index contributed by atoms with van der Waals surface area (Å²) in [6, 6.07) is 3.94. The number of carbonyl (C=O) groups excluding carboxylic acids is 1. The first-order valence-electron chi connectivity index (χ1n) is 9.21. The fourth-order valence-corrected chi connectivity index (χ4v) is 4.29. The second kappa shape index (κ2) is 6.86. The Labute approximate surface area is 148 Å². The molecule has 1 saturated carbocycles. The van der Waals surface area contributed by atoms with Gasteiger partial charge in [0, 0.05) is 43.8 Å². The van der Waals surface area contributed by atoms with E-state index >= 15 is 0 Å². The molecule has 2 fully saturated rings. The van der Waals surface area contributed by atoms with E-state index < -0.39 is 0 Å². The molecule has 0 unspecified atom stereocenters. The van der Waals surface area contributed by atoms with E-state index in [1.807, 2.05) is 27.8 Å². The van der Waals surface area contributed by atoms with Gasteiger partial charge in [0.2, 0.25) is 0 Å². The van der Waals surface area contributed by atoms with Crippen molar-refractivity contribution in [1.29, 1.82) is 0 Å². The molecule has 1 N–H and O–H groups in total. The van der Waals surface area contributed by atoms with Crippen molar-refractivity contribution >= 4 is 6.03 Å². The Morgan fingerprint density at radius 1 is 1.20 bits per heavy atom. The number of hydrogen-bond acceptors (Lipinski definition) is 3. The van der Waals surface area contributed by atoms with E-state index in [-0.39, 0.29) is 6.03 Å². The van der Waals surface area contributed by atoms with E-state index in [1.54, 1.807) is 18.7 Å². The molecule has 1 aliphatic heterocycles. The number of aromatic nitrogens is 3. The van der Waals surface area contributed by atoms with Crippen molar-refractivity contribution in [2.75, 3.05) is 13.1 Å². The highest BCUT2D eigenvalue weighted by Gasteiger charge is 2.40. The normalized spacial score (nSPS) is 19.3. The summed E-state index contributed by atoms with van der Waals surface area (Å²) < 4.78 is 1.87. The fourth-order valence-electron chi connectivity index (χ4n) is 4.29.